The number of aliphatic hydroxyl groups excluding tert-OH is 1. The number of nitrogens with zero attached hydrogens (tertiary/aromatic N) is 2. The van der Waals surface area contributed by atoms with E-state index < -0.39 is 6.61 Å². The number of rotatable bonds is 3. The Labute approximate surface area is 83.3 Å². The molecule has 0 aromatic heterocycles. The Bertz CT molecular complexity index is 222. The van der Waals surface area contributed by atoms with Gasteiger partial charge in [0.25, 0.3) is 0 Å². The molecule has 0 aromatic rings. The summed E-state index contributed by atoms with van der Waals surface area (Å²) in [5, 5.41) is 8.64. The molecule has 0 unspecified atom stereocenters. The number of amides is 1. The molecule has 5 nitrogen and oxygen atoms in total. The van der Waals surface area contributed by atoms with Gasteiger partial charge in [0.1, 0.15) is 12.4 Å². The second-order valence-corrected chi connectivity index (χ2v) is 3.52. The molecule has 1 amide bonds. The molecule has 1 saturated heterocycles. The number of Topliss-reactive ketones (excluding diaryl/α,β-unsaturated/α-hetero) is 1. The molecular formula is C9H16N2O3. The molecule has 0 aliphatic carbocycles. The van der Waals surface area contributed by atoms with Gasteiger partial charge in [-0.15, -0.1) is 0 Å². The number of aliphatic hydroxyl groups is 1. The van der Waals surface area contributed by atoms with Crippen LogP contribution in [0.3, 0.4) is 0 Å². The third kappa shape index (κ3) is 3.08. The van der Waals surface area contributed by atoms with E-state index in [0.29, 0.717) is 32.7 Å². The largest absolute Gasteiger partial charge is 0.387 e. The van der Waals surface area contributed by atoms with Gasteiger partial charge < -0.3 is 10.0 Å². The third-order valence-corrected chi connectivity index (χ3v) is 2.31. The molecule has 0 aromatic carbocycles. The summed E-state index contributed by atoms with van der Waals surface area (Å²) < 4.78 is 0. The molecule has 80 valence electrons. The van der Waals surface area contributed by atoms with Crippen molar-refractivity contribution in [2.45, 2.75) is 6.92 Å². The molecule has 0 saturated carbocycles. The maximum Gasteiger partial charge on any atom is 0.248 e. The lowest BCUT2D eigenvalue weighted by molar-refractivity contribution is -0.136. The lowest BCUT2D eigenvalue weighted by Crippen LogP contribution is -2.50. The molecule has 1 heterocycles. The van der Waals surface area contributed by atoms with Gasteiger partial charge in [-0.25, -0.2) is 0 Å². The minimum Gasteiger partial charge on any atom is -0.387 e. The quantitative estimate of drug-likeness (QED) is 0.616. The second kappa shape index (κ2) is 5.07. The highest BCUT2D eigenvalue weighted by Crippen LogP contribution is 2.01. The predicted molar refractivity (Wildman–Crippen MR) is 50.8 cm³/mol. The van der Waals surface area contributed by atoms with Crippen molar-refractivity contribution < 1.29 is 14.7 Å². The van der Waals surface area contributed by atoms with Crippen molar-refractivity contribution in [1.29, 1.82) is 0 Å². The van der Waals surface area contributed by atoms with Crippen LogP contribution in [-0.2, 0) is 9.59 Å². The van der Waals surface area contributed by atoms with E-state index in [-0.39, 0.29) is 11.7 Å². The smallest absolute Gasteiger partial charge is 0.248 e. The van der Waals surface area contributed by atoms with Crippen molar-refractivity contribution in [2.75, 3.05) is 39.3 Å². The Kier molecular flexibility index (Phi) is 4.03. The Morgan fingerprint density at radius 1 is 1.21 bits per heavy atom. The van der Waals surface area contributed by atoms with Crippen molar-refractivity contribution in [1.82, 2.24) is 9.80 Å². The number of hydrogen-bond acceptors (Lipinski definition) is 4. The number of carbonyl (C=O) groups excluding carboxylic acids is 2. The van der Waals surface area contributed by atoms with Crippen LogP contribution in [-0.4, -0.2) is 65.9 Å². The van der Waals surface area contributed by atoms with Crippen LogP contribution in [0.1, 0.15) is 6.92 Å². The topological polar surface area (TPSA) is 60.9 Å². The lowest BCUT2D eigenvalue weighted by Gasteiger charge is -2.33. The van der Waals surface area contributed by atoms with Crippen LogP contribution in [0.2, 0.25) is 0 Å². The first-order chi connectivity index (χ1) is 6.63. The first-order valence-electron chi connectivity index (χ1n) is 4.74. The molecule has 1 N–H and O–H groups in total. The minimum absolute atomic E-state index is 0.145. The van der Waals surface area contributed by atoms with Crippen molar-refractivity contribution >= 4 is 11.7 Å². The zero-order valence-electron chi connectivity index (χ0n) is 8.40. The van der Waals surface area contributed by atoms with Gasteiger partial charge in [0.15, 0.2) is 0 Å². The van der Waals surface area contributed by atoms with E-state index in [4.69, 9.17) is 5.11 Å². The fourth-order valence-corrected chi connectivity index (χ4v) is 1.57. The maximum absolute atomic E-state index is 11.1. The average molecular weight is 200 g/mol. The van der Waals surface area contributed by atoms with E-state index in [1.54, 1.807) is 11.8 Å². The molecule has 1 rings (SSSR count). The Balaban J connectivity index is 2.31. The first-order valence-corrected chi connectivity index (χ1v) is 4.74. The van der Waals surface area contributed by atoms with Crippen LogP contribution in [0.5, 0.6) is 0 Å². The minimum atomic E-state index is -0.424. The van der Waals surface area contributed by atoms with Crippen LogP contribution in [0.4, 0.5) is 0 Å². The van der Waals surface area contributed by atoms with Gasteiger partial charge in [-0.05, 0) is 6.92 Å². The summed E-state index contributed by atoms with van der Waals surface area (Å²) in [6, 6.07) is 0. The monoisotopic (exact) mass is 200 g/mol. The van der Waals surface area contributed by atoms with Crippen molar-refractivity contribution in [2.24, 2.45) is 0 Å². The van der Waals surface area contributed by atoms with Crippen LogP contribution >= 0.6 is 0 Å². The average Bonchev–Trinajstić information content (AvgIpc) is 2.17. The second-order valence-electron chi connectivity index (χ2n) is 3.52. The van der Waals surface area contributed by atoms with Gasteiger partial charge in [0.2, 0.25) is 5.91 Å². The fourth-order valence-electron chi connectivity index (χ4n) is 1.57. The van der Waals surface area contributed by atoms with E-state index >= 15 is 0 Å². The van der Waals surface area contributed by atoms with Crippen LogP contribution < -0.4 is 0 Å². The number of hydrogen-bond donors (Lipinski definition) is 1. The van der Waals surface area contributed by atoms with Gasteiger partial charge in [-0.1, -0.05) is 0 Å². The highest BCUT2D eigenvalue weighted by molar-refractivity contribution is 5.78. The number of piperazine rings is 1. The van der Waals surface area contributed by atoms with E-state index in [1.807, 2.05) is 4.90 Å². The molecule has 0 radical (unpaired) electrons. The lowest BCUT2D eigenvalue weighted by atomic mass is 10.3. The summed E-state index contributed by atoms with van der Waals surface area (Å²) in [5.41, 5.74) is 0. The van der Waals surface area contributed by atoms with E-state index in [1.165, 1.54) is 0 Å². The Morgan fingerprint density at radius 2 is 1.79 bits per heavy atom. The highest BCUT2D eigenvalue weighted by atomic mass is 16.3. The van der Waals surface area contributed by atoms with Gasteiger partial charge in [0, 0.05) is 26.2 Å². The fraction of sp³-hybridized carbons (Fsp3) is 0.778. The number of ketones is 1. The van der Waals surface area contributed by atoms with Crippen molar-refractivity contribution in [3.63, 3.8) is 0 Å². The first kappa shape index (κ1) is 11.1. The molecule has 14 heavy (non-hydrogen) atoms. The SMILES string of the molecule is CC(=O)CN1CCN(C(=O)CO)CC1. The van der Waals surface area contributed by atoms with Gasteiger partial charge in [-0.2, -0.15) is 0 Å². The summed E-state index contributed by atoms with van der Waals surface area (Å²) >= 11 is 0. The molecule has 1 aliphatic rings. The van der Waals surface area contributed by atoms with Gasteiger partial charge in [0.05, 0.1) is 6.54 Å². The summed E-state index contributed by atoms with van der Waals surface area (Å²) in [4.78, 5) is 25.5. The molecule has 0 bridgehead atoms. The van der Waals surface area contributed by atoms with Gasteiger partial charge in [-0.3, -0.25) is 14.5 Å². The third-order valence-electron chi connectivity index (χ3n) is 2.31. The summed E-state index contributed by atoms with van der Waals surface area (Å²) in [5.74, 6) is -0.0839. The summed E-state index contributed by atoms with van der Waals surface area (Å²) in [7, 11) is 0. The van der Waals surface area contributed by atoms with E-state index in [9.17, 15) is 9.59 Å². The molecule has 0 atom stereocenters. The highest BCUT2D eigenvalue weighted by Gasteiger charge is 2.20. The normalized spacial score (nSPS) is 18.3. The van der Waals surface area contributed by atoms with Crippen LogP contribution in [0, 0.1) is 0 Å². The predicted octanol–water partition coefficient (Wildman–Crippen LogP) is -1.29. The Hall–Kier alpha value is -0.940. The van der Waals surface area contributed by atoms with Crippen molar-refractivity contribution in [3.05, 3.63) is 0 Å². The zero-order valence-corrected chi connectivity index (χ0v) is 8.40. The Morgan fingerprint density at radius 3 is 2.21 bits per heavy atom. The van der Waals surface area contributed by atoms with E-state index in [0.717, 1.165) is 0 Å². The standard InChI is InChI=1S/C9H16N2O3/c1-8(13)6-10-2-4-11(5-3-10)9(14)7-12/h12H,2-7H2,1H3. The maximum atomic E-state index is 11.1. The molecule has 1 fully saturated rings. The molecule has 0 spiro atoms. The zero-order chi connectivity index (χ0) is 10.6. The van der Waals surface area contributed by atoms with Gasteiger partial charge >= 0.3 is 0 Å². The summed E-state index contributed by atoms with van der Waals surface area (Å²) in [6.07, 6.45) is 0. The van der Waals surface area contributed by atoms with Crippen LogP contribution in [0.25, 0.3) is 0 Å². The van der Waals surface area contributed by atoms with E-state index in [2.05, 4.69) is 0 Å². The molecule has 1 aliphatic heterocycles. The summed E-state index contributed by atoms with van der Waals surface area (Å²) in [6.45, 7) is 4.23. The number of carbonyl (C=O) groups is 2. The molecular weight excluding hydrogens is 184 g/mol. The molecule has 5 heteroatoms. The van der Waals surface area contributed by atoms with Crippen molar-refractivity contribution in [3.8, 4) is 0 Å². The van der Waals surface area contributed by atoms with Crippen LogP contribution in [0.15, 0.2) is 0 Å².